The van der Waals surface area contributed by atoms with Crippen molar-refractivity contribution in [1.29, 1.82) is 0 Å². The number of benzene rings is 1. The summed E-state index contributed by atoms with van der Waals surface area (Å²) in [7, 11) is -3.70. The molecule has 0 radical (unpaired) electrons. The van der Waals surface area contributed by atoms with E-state index in [0.717, 1.165) is 31.2 Å². The fourth-order valence-corrected chi connectivity index (χ4v) is 4.47. The third-order valence-electron chi connectivity index (χ3n) is 4.41. The Kier molecular flexibility index (Phi) is 8.06. The predicted molar refractivity (Wildman–Crippen MR) is 102 cm³/mol. The topological polar surface area (TPSA) is 75.7 Å². The van der Waals surface area contributed by atoms with Crippen molar-refractivity contribution >= 4 is 16.2 Å². The lowest BCUT2D eigenvalue weighted by Gasteiger charge is -2.25. The summed E-state index contributed by atoms with van der Waals surface area (Å²) in [6, 6.07) is 8.50. The van der Waals surface area contributed by atoms with Gasteiger partial charge in [-0.25, -0.2) is 0 Å². The Labute approximate surface area is 157 Å². The van der Waals surface area contributed by atoms with Crippen LogP contribution in [0.25, 0.3) is 0 Å². The third kappa shape index (κ3) is 6.70. The Hall–Kier alpha value is -1.44. The Morgan fingerprint density at radius 2 is 1.73 bits per heavy atom. The lowest BCUT2D eigenvalue weighted by Crippen LogP contribution is -2.49. The maximum Gasteiger partial charge on any atom is 0.324 e. The summed E-state index contributed by atoms with van der Waals surface area (Å²) in [5.74, 6) is -0.364. The second kappa shape index (κ2) is 10.0. The summed E-state index contributed by atoms with van der Waals surface area (Å²) in [5, 5.41) is 0. The summed E-state index contributed by atoms with van der Waals surface area (Å²) in [6.07, 6.45) is 4.20. The van der Waals surface area contributed by atoms with Crippen LogP contribution in [0.2, 0.25) is 0 Å². The van der Waals surface area contributed by atoms with Crippen LogP contribution in [0, 0.1) is 5.92 Å². The molecule has 1 heterocycles. The first-order valence-corrected chi connectivity index (χ1v) is 10.8. The van der Waals surface area contributed by atoms with Crippen LogP contribution in [0.4, 0.5) is 0 Å². The van der Waals surface area contributed by atoms with E-state index in [4.69, 9.17) is 4.74 Å². The highest BCUT2D eigenvalue weighted by molar-refractivity contribution is 7.87. The van der Waals surface area contributed by atoms with Gasteiger partial charge >= 0.3 is 5.97 Å². The zero-order chi connectivity index (χ0) is 19.0. The molecule has 1 aromatic rings. The van der Waals surface area contributed by atoms with Crippen molar-refractivity contribution in [3.05, 3.63) is 35.9 Å². The van der Waals surface area contributed by atoms with Gasteiger partial charge in [-0.2, -0.15) is 17.4 Å². The quantitative estimate of drug-likeness (QED) is 0.702. The zero-order valence-electron chi connectivity index (χ0n) is 15.7. The molecule has 26 heavy (non-hydrogen) atoms. The molecule has 0 amide bonds. The average Bonchev–Trinajstić information content (AvgIpc) is 2.89. The molecule has 1 saturated heterocycles. The molecule has 1 atom stereocenters. The number of esters is 1. The van der Waals surface area contributed by atoms with Crippen LogP contribution in [-0.2, 0) is 26.3 Å². The number of hydrogen-bond acceptors (Lipinski definition) is 4. The van der Waals surface area contributed by atoms with Gasteiger partial charge in [0.2, 0.25) is 0 Å². The second-order valence-corrected chi connectivity index (χ2v) is 8.91. The molecule has 1 aromatic carbocycles. The monoisotopic (exact) mass is 382 g/mol. The van der Waals surface area contributed by atoms with Gasteiger partial charge in [0.25, 0.3) is 10.2 Å². The Bertz CT molecular complexity index is 653. The first-order valence-electron chi connectivity index (χ1n) is 9.36. The maximum atomic E-state index is 12.7. The Morgan fingerprint density at radius 1 is 1.12 bits per heavy atom. The van der Waals surface area contributed by atoms with Gasteiger partial charge in [-0.1, -0.05) is 57.0 Å². The molecule has 1 fully saturated rings. The van der Waals surface area contributed by atoms with Crippen LogP contribution in [0.3, 0.4) is 0 Å². The lowest BCUT2D eigenvalue weighted by molar-refractivity contribution is -0.147. The highest BCUT2D eigenvalue weighted by atomic mass is 32.2. The van der Waals surface area contributed by atoms with Crippen molar-refractivity contribution in [2.45, 2.75) is 58.6 Å². The SMILES string of the molecule is CC(C)C[C@H](NS(=O)(=O)N1CCCCCC1)C(=O)OCc1ccccc1. The summed E-state index contributed by atoms with van der Waals surface area (Å²) in [5.41, 5.74) is 0.875. The number of nitrogens with one attached hydrogen (secondary N) is 1. The molecule has 146 valence electrons. The summed E-state index contributed by atoms with van der Waals surface area (Å²) in [6.45, 7) is 5.06. The number of rotatable bonds is 8. The summed E-state index contributed by atoms with van der Waals surface area (Å²) >= 11 is 0. The van der Waals surface area contributed by atoms with Gasteiger partial charge in [0.15, 0.2) is 0 Å². The van der Waals surface area contributed by atoms with Crippen molar-refractivity contribution < 1.29 is 17.9 Å². The highest BCUT2D eigenvalue weighted by Gasteiger charge is 2.30. The second-order valence-electron chi connectivity index (χ2n) is 7.21. The van der Waals surface area contributed by atoms with E-state index in [0.29, 0.717) is 19.5 Å². The molecule has 1 aliphatic heterocycles. The van der Waals surface area contributed by atoms with E-state index in [1.807, 2.05) is 44.2 Å². The van der Waals surface area contributed by atoms with E-state index in [2.05, 4.69) is 4.72 Å². The van der Waals surface area contributed by atoms with Gasteiger partial charge in [0.05, 0.1) is 0 Å². The van der Waals surface area contributed by atoms with Crippen LogP contribution in [0.1, 0.15) is 51.5 Å². The molecule has 0 aliphatic carbocycles. The molecular formula is C19H30N2O4S. The fraction of sp³-hybridized carbons (Fsp3) is 0.632. The third-order valence-corrected chi connectivity index (χ3v) is 6.04. The Morgan fingerprint density at radius 3 is 2.31 bits per heavy atom. The van der Waals surface area contributed by atoms with Crippen molar-refractivity contribution in [3.8, 4) is 0 Å². The molecule has 0 saturated carbocycles. The molecule has 1 N–H and O–H groups in total. The number of carbonyl (C=O) groups excluding carboxylic acids is 1. The molecule has 2 rings (SSSR count). The zero-order valence-corrected chi connectivity index (χ0v) is 16.5. The minimum absolute atomic E-state index is 0.139. The summed E-state index contributed by atoms with van der Waals surface area (Å²) in [4.78, 5) is 12.5. The lowest BCUT2D eigenvalue weighted by atomic mass is 10.1. The van der Waals surface area contributed by atoms with Gasteiger partial charge < -0.3 is 4.74 Å². The van der Waals surface area contributed by atoms with E-state index in [1.165, 1.54) is 4.31 Å². The number of nitrogens with zero attached hydrogens (tertiary/aromatic N) is 1. The van der Waals surface area contributed by atoms with E-state index in [9.17, 15) is 13.2 Å². The minimum atomic E-state index is -3.70. The van der Waals surface area contributed by atoms with Gasteiger partial charge in [0, 0.05) is 13.1 Å². The minimum Gasteiger partial charge on any atom is -0.460 e. The van der Waals surface area contributed by atoms with Crippen LogP contribution < -0.4 is 4.72 Å². The number of ether oxygens (including phenoxy) is 1. The van der Waals surface area contributed by atoms with Gasteiger partial charge in [-0.15, -0.1) is 0 Å². The van der Waals surface area contributed by atoms with Crippen LogP contribution in [0.15, 0.2) is 30.3 Å². The van der Waals surface area contributed by atoms with E-state index >= 15 is 0 Å². The van der Waals surface area contributed by atoms with E-state index < -0.39 is 22.2 Å². The number of hydrogen-bond donors (Lipinski definition) is 1. The fourth-order valence-electron chi connectivity index (χ4n) is 3.03. The van der Waals surface area contributed by atoms with Crippen molar-refractivity contribution in [2.75, 3.05) is 13.1 Å². The predicted octanol–water partition coefficient (Wildman–Crippen LogP) is 2.85. The molecule has 0 aromatic heterocycles. The highest BCUT2D eigenvalue weighted by Crippen LogP contribution is 2.15. The smallest absolute Gasteiger partial charge is 0.324 e. The normalized spacial score (nSPS) is 17.7. The number of carbonyl (C=O) groups is 1. The molecule has 7 heteroatoms. The van der Waals surface area contributed by atoms with Gasteiger partial charge in [-0.05, 0) is 30.7 Å². The van der Waals surface area contributed by atoms with Gasteiger partial charge in [-0.3, -0.25) is 4.79 Å². The summed E-state index contributed by atoms with van der Waals surface area (Å²) < 4.78 is 34.8. The molecular weight excluding hydrogens is 352 g/mol. The molecule has 6 nitrogen and oxygen atoms in total. The van der Waals surface area contributed by atoms with Crippen LogP contribution in [-0.4, -0.2) is 37.8 Å². The average molecular weight is 383 g/mol. The molecule has 0 unspecified atom stereocenters. The van der Waals surface area contributed by atoms with E-state index in [-0.39, 0.29) is 12.5 Å². The van der Waals surface area contributed by atoms with Crippen molar-refractivity contribution in [1.82, 2.24) is 9.03 Å². The first-order chi connectivity index (χ1) is 12.4. The molecule has 1 aliphatic rings. The molecule has 0 bridgehead atoms. The van der Waals surface area contributed by atoms with Crippen LogP contribution >= 0.6 is 0 Å². The van der Waals surface area contributed by atoms with Crippen molar-refractivity contribution in [3.63, 3.8) is 0 Å². The first kappa shape index (κ1) is 20.9. The van der Waals surface area contributed by atoms with Gasteiger partial charge in [0.1, 0.15) is 12.6 Å². The largest absolute Gasteiger partial charge is 0.460 e. The van der Waals surface area contributed by atoms with E-state index in [1.54, 1.807) is 0 Å². The van der Waals surface area contributed by atoms with Crippen LogP contribution in [0.5, 0.6) is 0 Å². The Balaban J connectivity index is 2.01. The van der Waals surface area contributed by atoms with Crippen molar-refractivity contribution in [2.24, 2.45) is 5.92 Å². The maximum absolute atomic E-state index is 12.7. The molecule has 0 spiro atoms. The standard InChI is InChI=1S/C19H30N2O4S/c1-16(2)14-18(19(22)25-15-17-10-6-5-7-11-17)20-26(23,24)21-12-8-3-4-9-13-21/h5-7,10-11,16,18,20H,3-4,8-9,12-15H2,1-2H3/t18-/m0/s1.